The molecule has 7 nitrogen and oxygen atoms in total. The van der Waals surface area contributed by atoms with E-state index in [4.69, 9.17) is 4.74 Å². The molecule has 0 bridgehead atoms. The third kappa shape index (κ3) is 4.06. The van der Waals surface area contributed by atoms with Crippen LogP contribution in [0.25, 0.3) is 20.9 Å². The van der Waals surface area contributed by atoms with Crippen LogP contribution in [-0.2, 0) is 16.6 Å². The van der Waals surface area contributed by atoms with E-state index in [1.807, 2.05) is 23.9 Å². The molecule has 3 heterocycles. The maximum atomic E-state index is 14.6. The number of thiophene rings is 1. The zero-order valence-electron chi connectivity index (χ0n) is 16.2. The third-order valence-corrected chi connectivity index (χ3v) is 5.40. The van der Waals surface area contributed by atoms with Gasteiger partial charge in [-0.3, -0.25) is 14.6 Å². The number of nitrogens with one attached hydrogen (secondary N) is 1. The number of benzene rings is 1. The number of imidazole rings is 1. The zero-order valence-corrected chi connectivity index (χ0v) is 17.0. The van der Waals surface area contributed by atoms with Crippen LogP contribution >= 0.6 is 11.3 Å². The van der Waals surface area contributed by atoms with Crippen molar-refractivity contribution in [2.75, 3.05) is 5.32 Å². The first-order valence-electron chi connectivity index (χ1n) is 9.03. The van der Waals surface area contributed by atoms with Gasteiger partial charge in [0.05, 0.1) is 21.5 Å². The second-order valence-electron chi connectivity index (χ2n) is 6.67. The number of rotatable bonds is 6. The van der Waals surface area contributed by atoms with E-state index in [-0.39, 0.29) is 23.6 Å². The minimum absolute atomic E-state index is 0.0130. The van der Waals surface area contributed by atoms with Gasteiger partial charge in [-0.2, -0.15) is 0 Å². The van der Waals surface area contributed by atoms with Gasteiger partial charge in [0.25, 0.3) is 0 Å². The molecule has 0 atom stereocenters. The van der Waals surface area contributed by atoms with Crippen molar-refractivity contribution in [1.82, 2.24) is 14.5 Å². The second kappa shape index (κ2) is 8.03. The van der Waals surface area contributed by atoms with E-state index >= 15 is 0 Å². The summed E-state index contributed by atoms with van der Waals surface area (Å²) in [4.78, 5) is 32.3. The number of fused-ring (bicyclic) bond motifs is 1. The minimum Gasteiger partial charge on any atom is -0.453 e. The standard InChI is InChI=1S/C21H17FN4O3S/c1-12(27)9-19(28)25-13-3-4-16(14(22)10-13)29-17-5-6-23-15-11-18(30-20(15)17)21-24-7-8-26(21)2/h3-8,10-11H,9H2,1-2H3,(H,25,28). The SMILES string of the molecule is CC(=O)CC(=O)Nc1ccc(Oc2ccnc3cc(-c4nccn4C)sc23)c(F)c1. The van der Waals surface area contributed by atoms with Gasteiger partial charge >= 0.3 is 0 Å². The van der Waals surface area contributed by atoms with Gasteiger partial charge in [-0.15, -0.1) is 11.3 Å². The van der Waals surface area contributed by atoms with Crippen molar-refractivity contribution in [3.63, 3.8) is 0 Å². The van der Waals surface area contributed by atoms with E-state index in [2.05, 4.69) is 15.3 Å². The Morgan fingerprint density at radius 3 is 2.70 bits per heavy atom. The van der Waals surface area contributed by atoms with Gasteiger partial charge in [0, 0.05) is 43.5 Å². The molecule has 152 valence electrons. The average molecular weight is 424 g/mol. The van der Waals surface area contributed by atoms with Gasteiger partial charge in [-0.25, -0.2) is 9.37 Å². The number of amides is 1. The fourth-order valence-corrected chi connectivity index (χ4v) is 4.02. The van der Waals surface area contributed by atoms with Gasteiger partial charge in [-0.05, 0) is 25.1 Å². The lowest BCUT2D eigenvalue weighted by atomic mass is 10.2. The number of hydrogen-bond donors (Lipinski definition) is 1. The molecule has 0 saturated heterocycles. The fourth-order valence-electron chi connectivity index (χ4n) is 2.92. The summed E-state index contributed by atoms with van der Waals surface area (Å²) < 4.78 is 23.0. The number of halogens is 1. The largest absolute Gasteiger partial charge is 0.453 e. The Bertz CT molecular complexity index is 1260. The summed E-state index contributed by atoms with van der Waals surface area (Å²) in [6, 6.07) is 7.68. The maximum absolute atomic E-state index is 14.6. The first kappa shape index (κ1) is 19.7. The molecule has 4 rings (SSSR count). The lowest BCUT2D eigenvalue weighted by Crippen LogP contribution is -2.14. The molecule has 0 aliphatic rings. The van der Waals surface area contributed by atoms with Gasteiger partial charge in [0.15, 0.2) is 11.6 Å². The highest BCUT2D eigenvalue weighted by Gasteiger charge is 2.15. The molecule has 1 amide bonds. The lowest BCUT2D eigenvalue weighted by molar-refractivity contribution is -0.124. The predicted octanol–water partition coefficient (Wildman–Crippen LogP) is 4.55. The van der Waals surface area contributed by atoms with Crippen LogP contribution in [0.5, 0.6) is 11.5 Å². The highest BCUT2D eigenvalue weighted by Crippen LogP contribution is 2.39. The number of nitrogens with zero attached hydrogens (tertiary/aromatic N) is 3. The first-order chi connectivity index (χ1) is 14.4. The summed E-state index contributed by atoms with van der Waals surface area (Å²) in [5.74, 6) is -0.110. The summed E-state index contributed by atoms with van der Waals surface area (Å²) in [5, 5.41) is 2.49. The molecule has 0 radical (unpaired) electrons. The lowest BCUT2D eigenvalue weighted by Gasteiger charge is -2.09. The van der Waals surface area contributed by atoms with Crippen LogP contribution in [0, 0.1) is 5.82 Å². The number of carbonyl (C=O) groups excluding carboxylic acids is 2. The van der Waals surface area contributed by atoms with Crippen molar-refractivity contribution < 1.29 is 18.7 Å². The van der Waals surface area contributed by atoms with Crippen LogP contribution in [0.3, 0.4) is 0 Å². The Balaban J connectivity index is 1.60. The molecule has 0 spiro atoms. The number of aromatic nitrogens is 3. The number of pyridine rings is 1. The van der Waals surface area contributed by atoms with E-state index < -0.39 is 11.7 Å². The van der Waals surface area contributed by atoms with Crippen LogP contribution in [0.2, 0.25) is 0 Å². The smallest absolute Gasteiger partial charge is 0.231 e. The Morgan fingerprint density at radius 1 is 1.17 bits per heavy atom. The number of ether oxygens (including phenoxy) is 1. The Hall–Kier alpha value is -3.59. The third-order valence-electron chi connectivity index (χ3n) is 4.26. The highest BCUT2D eigenvalue weighted by atomic mass is 32.1. The van der Waals surface area contributed by atoms with Crippen LogP contribution < -0.4 is 10.1 Å². The van der Waals surface area contributed by atoms with Crippen molar-refractivity contribution in [1.29, 1.82) is 0 Å². The van der Waals surface area contributed by atoms with Crippen molar-refractivity contribution in [3.05, 3.63) is 54.7 Å². The Labute approximate surface area is 175 Å². The van der Waals surface area contributed by atoms with Gasteiger partial charge in [0.1, 0.15) is 17.4 Å². The van der Waals surface area contributed by atoms with Crippen molar-refractivity contribution >= 4 is 38.9 Å². The number of Topliss-reactive ketones (excluding diaryl/α,β-unsaturated/α-hetero) is 1. The summed E-state index contributed by atoms with van der Waals surface area (Å²) >= 11 is 1.46. The summed E-state index contributed by atoms with van der Waals surface area (Å²) in [7, 11) is 1.91. The molecule has 0 unspecified atom stereocenters. The molecule has 4 aromatic rings. The molecule has 0 aliphatic heterocycles. The maximum Gasteiger partial charge on any atom is 0.231 e. The number of anilines is 1. The fraction of sp³-hybridized carbons (Fsp3) is 0.143. The normalized spacial score (nSPS) is 10.9. The Morgan fingerprint density at radius 2 is 2.00 bits per heavy atom. The number of ketones is 1. The van der Waals surface area contributed by atoms with E-state index in [1.165, 1.54) is 30.4 Å². The van der Waals surface area contributed by atoms with Gasteiger partial charge in [-0.1, -0.05) is 0 Å². The van der Waals surface area contributed by atoms with Gasteiger partial charge in [0.2, 0.25) is 5.91 Å². The van der Waals surface area contributed by atoms with Gasteiger partial charge < -0.3 is 14.6 Å². The van der Waals surface area contributed by atoms with Crippen molar-refractivity contribution in [2.24, 2.45) is 7.05 Å². The van der Waals surface area contributed by atoms with Crippen LogP contribution in [0.4, 0.5) is 10.1 Å². The van der Waals surface area contributed by atoms with Crippen molar-refractivity contribution in [3.8, 4) is 22.2 Å². The minimum atomic E-state index is -0.638. The van der Waals surface area contributed by atoms with E-state index in [1.54, 1.807) is 18.5 Å². The second-order valence-corrected chi connectivity index (χ2v) is 7.72. The zero-order chi connectivity index (χ0) is 21.3. The molecular weight excluding hydrogens is 407 g/mol. The van der Waals surface area contributed by atoms with Crippen LogP contribution in [0.1, 0.15) is 13.3 Å². The molecule has 30 heavy (non-hydrogen) atoms. The highest BCUT2D eigenvalue weighted by molar-refractivity contribution is 7.22. The molecule has 1 N–H and O–H groups in total. The van der Waals surface area contributed by atoms with E-state index in [9.17, 15) is 14.0 Å². The first-order valence-corrected chi connectivity index (χ1v) is 9.85. The summed E-state index contributed by atoms with van der Waals surface area (Å²) in [6.45, 7) is 1.32. The van der Waals surface area contributed by atoms with Crippen LogP contribution in [-0.4, -0.2) is 26.2 Å². The van der Waals surface area contributed by atoms with E-state index in [0.29, 0.717) is 5.75 Å². The van der Waals surface area contributed by atoms with E-state index in [0.717, 1.165) is 27.0 Å². The summed E-state index contributed by atoms with van der Waals surface area (Å²) in [6.07, 6.45) is 4.92. The molecule has 0 aliphatic carbocycles. The Kier molecular flexibility index (Phi) is 5.28. The predicted molar refractivity (Wildman–Crippen MR) is 112 cm³/mol. The van der Waals surface area contributed by atoms with Crippen molar-refractivity contribution in [2.45, 2.75) is 13.3 Å². The molecule has 9 heteroatoms. The topological polar surface area (TPSA) is 86.1 Å². The van der Waals surface area contributed by atoms with Crippen LogP contribution in [0.15, 0.2) is 48.9 Å². The molecule has 1 aromatic carbocycles. The molecule has 0 fully saturated rings. The number of carbonyl (C=O) groups is 2. The number of hydrogen-bond acceptors (Lipinski definition) is 6. The monoisotopic (exact) mass is 424 g/mol. The number of aryl methyl sites for hydroxylation is 1. The molecule has 0 saturated carbocycles. The quantitative estimate of drug-likeness (QED) is 0.459. The summed E-state index contributed by atoms with van der Waals surface area (Å²) in [5.41, 5.74) is 0.975. The average Bonchev–Trinajstić information content (AvgIpc) is 3.29. The molecular formula is C21H17FN4O3S. The molecule has 3 aromatic heterocycles.